The number of rotatable bonds is 5. The smallest absolute Gasteiger partial charge is 0.225 e. The van der Waals surface area contributed by atoms with Crippen LogP contribution in [0.25, 0.3) is 11.5 Å². The summed E-state index contributed by atoms with van der Waals surface area (Å²) in [6.45, 7) is 1.59. The van der Waals surface area contributed by atoms with Gasteiger partial charge in [0.05, 0.1) is 12.2 Å². The van der Waals surface area contributed by atoms with E-state index in [9.17, 15) is 9.18 Å². The van der Waals surface area contributed by atoms with Crippen molar-refractivity contribution in [1.82, 2.24) is 15.5 Å². The highest BCUT2D eigenvalue weighted by Crippen LogP contribution is 2.23. The maximum Gasteiger partial charge on any atom is 0.225 e. The van der Waals surface area contributed by atoms with Crippen LogP contribution in [0.2, 0.25) is 0 Å². The first-order valence-corrected chi connectivity index (χ1v) is 9.34. The van der Waals surface area contributed by atoms with E-state index in [0.717, 1.165) is 25.2 Å². The quantitative estimate of drug-likeness (QED) is 0.734. The number of carbonyl (C=O) groups is 1. The predicted octanol–water partition coefficient (Wildman–Crippen LogP) is 3.41. The van der Waals surface area contributed by atoms with Crippen LogP contribution in [-0.2, 0) is 11.3 Å². The van der Waals surface area contributed by atoms with E-state index in [2.05, 4.69) is 20.4 Å². The van der Waals surface area contributed by atoms with E-state index in [4.69, 9.17) is 4.42 Å². The van der Waals surface area contributed by atoms with Crippen LogP contribution in [0, 0.1) is 11.7 Å². The second kappa shape index (κ2) is 8.21. The van der Waals surface area contributed by atoms with Crippen LogP contribution in [0.15, 0.2) is 59.2 Å². The Balaban J connectivity index is 1.37. The third-order valence-electron chi connectivity index (χ3n) is 4.95. The minimum absolute atomic E-state index is 0.0619. The summed E-state index contributed by atoms with van der Waals surface area (Å²) in [7, 11) is 0. The van der Waals surface area contributed by atoms with Gasteiger partial charge in [0.1, 0.15) is 11.5 Å². The van der Waals surface area contributed by atoms with Gasteiger partial charge in [0.25, 0.3) is 0 Å². The van der Waals surface area contributed by atoms with Gasteiger partial charge in [-0.3, -0.25) is 4.79 Å². The summed E-state index contributed by atoms with van der Waals surface area (Å²) >= 11 is 0. The van der Waals surface area contributed by atoms with Crippen molar-refractivity contribution in [3.05, 3.63) is 66.2 Å². The molecule has 144 valence electrons. The second-order valence-corrected chi connectivity index (χ2v) is 6.85. The summed E-state index contributed by atoms with van der Waals surface area (Å²) in [6.07, 6.45) is 3.29. The zero-order valence-electron chi connectivity index (χ0n) is 15.3. The molecule has 0 bridgehead atoms. The number of amides is 1. The van der Waals surface area contributed by atoms with Crippen molar-refractivity contribution < 1.29 is 13.6 Å². The van der Waals surface area contributed by atoms with E-state index in [1.807, 2.05) is 18.2 Å². The molecule has 0 aliphatic carbocycles. The van der Waals surface area contributed by atoms with E-state index in [1.165, 1.54) is 6.07 Å². The van der Waals surface area contributed by atoms with Crippen LogP contribution in [0.4, 0.5) is 10.2 Å². The molecule has 1 N–H and O–H groups in total. The summed E-state index contributed by atoms with van der Waals surface area (Å²) < 4.78 is 19.0. The highest BCUT2D eigenvalue weighted by Gasteiger charge is 2.26. The molecule has 4 rings (SSSR count). The van der Waals surface area contributed by atoms with Gasteiger partial charge in [0, 0.05) is 25.2 Å². The van der Waals surface area contributed by atoms with Gasteiger partial charge in [0.15, 0.2) is 11.6 Å². The number of hydrogen-bond acceptors (Lipinski definition) is 5. The normalized spacial score (nSPS) is 16.8. The molecular formula is C21H21FN4O2. The Morgan fingerprint density at radius 2 is 2.07 bits per heavy atom. The molecule has 1 amide bonds. The number of piperidine rings is 1. The number of carbonyl (C=O) groups excluding carboxylic acids is 1. The molecule has 1 fully saturated rings. The minimum atomic E-state index is -0.306. The number of furan rings is 1. The fraction of sp³-hybridized carbons (Fsp3) is 0.286. The molecule has 1 unspecified atom stereocenters. The Hall–Kier alpha value is -3.22. The van der Waals surface area contributed by atoms with Crippen molar-refractivity contribution in [1.29, 1.82) is 0 Å². The number of nitrogens with one attached hydrogen (secondary N) is 1. The van der Waals surface area contributed by atoms with Crippen LogP contribution in [0.1, 0.15) is 18.4 Å². The first-order valence-electron chi connectivity index (χ1n) is 9.34. The lowest BCUT2D eigenvalue weighted by Gasteiger charge is -2.32. The molecule has 6 nitrogen and oxygen atoms in total. The first kappa shape index (κ1) is 18.2. The lowest BCUT2D eigenvalue weighted by atomic mass is 9.97. The molecule has 3 heterocycles. The third-order valence-corrected chi connectivity index (χ3v) is 4.95. The van der Waals surface area contributed by atoms with Crippen LogP contribution >= 0.6 is 0 Å². The summed E-state index contributed by atoms with van der Waals surface area (Å²) in [5.74, 6) is 0.880. The molecule has 0 radical (unpaired) electrons. The largest absolute Gasteiger partial charge is 0.463 e. The van der Waals surface area contributed by atoms with E-state index in [0.29, 0.717) is 23.6 Å². The van der Waals surface area contributed by atoms with Gasteiger partial charge < -0.3 is 14.6 Å². The molecule has 1 saturated heterocycles. The van der Waals surface area contributed by atoms with Crippen LogP contribution < -0.4 is 10.2 Å². The molecule has 0 spiro atoms. The summed E-state index contributed by atoms with van der Waals surface area (Å²) in [6, 6.07) is 13.9. The molecule has 2 aromatic heterocycles. The lowest BCUT2D eigenvalue weighted by Crippen LogP contribution is -2.43. The Labute approximate surface area is 162 Å². The van der Waals surface area contributed by atoms with Crippen molar-refractivity contribution >= 4 is 11.7 Å². The molecule has 1 atom stereocenters. The fourth-order valence-electron chi connectivity index (χ4n) is 3.42. The van der Waals surface area contributed by atoms with E-state index >= 15 is 0 Å². The summed E-state index contributed by atoms with van der Waals surface area (Å²) in [5, 5.41) is 11.4. The predicted molar refractivity (Wildman–Crippen MR) is 103 cm³/mol. The zero-order valence-corrected chi connectivity index (χ0v) is 15.3. The molecule has 3 aromatic rings. The summed E-state index contributed by atoms with van der Waals surface area (Å²) in [4.78, 5) is 14.6. The molecule has 1 aliphatic rings. The number of anilines is 1. The monoisotopic (exact) mass is 380 g/mol. The number of nitrogens with zero attached hydrogens (tertiary/aromatic N) is 3. The Morgan fingerprint density at radius 3 is 2.82 bits per heavy atom. The highest BCUT2D eigenvalue weighted by molar-refractivity contribution is 5.79. The van der Waals surface area contributed by atoms with Crippen LogP contribution in [0.5, 0.6) is 0 Å². The lowest BCUT2D eigenvalue weighted by molar-refractivity contribution is -0.125. The van der Waals surface area contributed by atoms with E-state index in [1.54, 1.807) is 30.5 Å². The fourth-order valence-corrected chi connectivity index (χ4v) is 3.42. The third kappa shape index (κ3) is 4.03. The molecule has 1 aromatic carbocycles. The van der Waals surface area contributed by atoms with Crippen LogP contribution in [0.3, 0.4) is 0 Å². The SMILES string of the molecule is O=C(NCc1ccccc1F)C1CCCN(c2ccc(-c3ccco3)nn2)C1. The zero-order chi connectivity index (χ0) is 19.3. The molecule has 0 saturated carbocycles. The van der Waals surface area contributed by atoms with Crippen molar-refractivity contribution in [3.8, 4) is 11.5 Å². The first-order chi connectivity index (χ1) is 13.7. The average Bonchev–Trinajstić information content (AvgIpc) is 3.28. The van der Waals surface area contributed by atoms with Gasteiger partial charge in [-0.25, -0.2) is 4.39 Å². The van der Waals surface area contributed by atoms with Crippen molar-refractivity contribution in [2.24, 2.45) is 5.92 Å². The second-order valence-electron chi connectivity index (χ2n) is 6.85. The average molecular weight is 380 g/mol. The summed E-state index contributed by atoms with van der Waals surface area (Å²) in [5.41, 5.74) is 1.16. The van der Waals surface area contributed by atoms with Gasteiger partial charge >= 0.3 is 0 Å². The van der Waals surface area contributed by atoms with Crippen molar-refractivity contribution in [2.75, 3.05) is 18.0 Å². The Bertz CT molecular complexity index is 928. The maximum absolute atomic E-state index is 13.7. The Kier molecular flexibility index (Phi) is 5.32. The Morgan fingerprint density at radius 1 is 1.18 bits per heavy atom. The molecular weight excluding hydrogens is 359 g/mol. The minimum Gasteiger partial charge on any atom is -0.463 e. The standard InChI is InChI=1S/C21H21FN4O2/c22-17-7-2-1-5-15(17)13-23-21(27)16-6-3-11-26(14-16)20-10-9-18(24-25-20)19-8-4-12-28-19/h1-2,4-5,7-10,12,16H,3,6,11,13-14H2,(H,23,27). The molecule has 28 heavy (non-hydrogen) atoms. The number of benzene rings is 1. The number of halogens is 1. The van der Waals surface area contributed by atoms with Gasteiger partial charge in [-0.2, -0.15) is 0 Å². The van der Waals surface area contributed by atoms with Crippen molar-refractivity contribution in [3.63, 3.8) is 0 Å². The molecule has 1 aliphatic heterocycles. The van der Waals surface area contributed by atoms with Gasteiger partial charge in [0.2, 0.25) is 5.91 Å². The maximum atomic E-state index is 13.7. The number of aromatic nitrogens is 2. The van der Waals surface area contributed by atoms with Gasteiger partial charge in [-0.1, -0.05) is 18.2 Å². The topological polar surface area (TPSA) is 71.3 Å². The molecule has 7 heteroatoms. The van der Waals surface area contributed by atoms with E-state index < -0.39 is 0 Å². The number of hydrogen-bond donors (Lipinski definition) is 1. The highest BCUT2D eigenvalue weighted by atomic mass is 19.1. The van der Waals surface area contributed by atoms with E-state index in [-0.39, 0.29) is 24.2 Å². The van der Waals surface area contributed by atoms with Crippen molar-refractivity contribution in [2.45, 2.75) is 19.4 Å². The van der Waals surface area contributed by atoms with Gasteiger partial charge in [-0.15, -0.1) is 10.2 Å². The van der Waals surface area contributed by atoms with Gasteiger partial charge in [-0.05, 0) is 43.2 Å². The van der Waals surface area contributed by atoms with Crippen LogP contribution in [-0.4, -0.2) is 29.2 Å².